The monoisotopic (exact) mass is 230 g/mol. The summed E-state index contributed by atoms with van der Waals surface area (Å²) in [6.07, 6.45) is -0.265. The normalized spacial score (nSPS) is 10.7. The molecular formula is C11H18O5. The van der Waals surface area contributed by atoms with Crippen LogP contribution in [0.25, 0.3) is 0 Å². The molecule has 0 fully saturated rings. The minimum Gasteiger partial charge on any atom is -0.456 e. The molecule has 0 aromatic carbocycles. The molecular weight excluding hydrogens is 212 g/mol. The molecule has 0 unspecified atom stereocenters. The Kier molecular flexibility index (Phi) is 5.56. The number of carboxylic acid groups (broad SMARTS) is 1. The van der Waals surface area contributed by atoms with E-state index in [1.54, 1.807) is 20.8 Å². The fourth-order valence-corrected chi connectivity index (χ4v) is 1.05. The van der Waals surface area contributed by atoms with Crippen molar-refractivity contribution in [3.63, 3.8) is 0 Å². The molecule has 5 nitrogen and oxygen atoms in total. The first-order valence-electron chi connectivity index (χ1n) is 4.99. The van der Waals surface area contributed by atoms with Gasteiger partial charge in [-0.3, -0.25) is 0 Å². The Hall–Kier alpha value is -1.52. The van der Waals surface area contributed by atoms with Gasteiger partial charge in [0.1, 0.15) is 5.60 Å². The Labute approximate surface area is 95.0 Å². The van der Waals surface area contributed by atoms with E-state index in [0.29, 0.717) is 18.4 Å². The van der Waals surface area contributed by atoms with Gasteiger partial charge in [0, 0.05) is 5.57 Å². The first-order valence-corrected chi connectivity index (χ1v) is 4.99. The van der Waals surface area contributed by atoms with Crippen LogP contribution in [0.3, 0.4) is 0 Å². The van der Waals surface area contributed by atoms with Crippen LogP contribution in [0, 0.1) is 0 Å². The SMILES string of the molecule is C=C(C)C(=O)OC(C)(C)CCCOC(=O)O. The molecule has 0 amide bonds. The summed E-state index contributed by atoms with van der Waals surface area (Å²) in [5, 5.41) is 8.24. The van der Waals surface area contributed by atoms with E-state index in [4.69, 9.17) is 9.84 Å². The van der Waals surface area contributed by atoms with E-state index in [9.17, 15) is 9.59 Å². The molecule has 92 valence electrons. The molecule has 5 heteroatoms. The van der Waals surface area contributed by atoms with E-state index in [1.165, 1.54) is 0 Å². The topological polar surface area (TPSA) is 72.8 Å². The van der Waals surface area contributed by atoms with Crippen molar-refractivity contribution < 1.29 is 24.2 Å². The van der Waals surface area contributed by atoms with Gasteiger partial charge in [0.25, 0.3) is 0 Å². The van der Waals surface area contributed by atoms with Gasteiger partial charge in [-0.05, 0) is 33.6 Å². The highest BCUT2D eigenvalue weighted by molar-refractivity contribution is 5.87. The number of hydrogen-bond acceptors (Lipinski definition) is 4. The van der Waals surface area contributed by atoms with Gasteiger partial charge in [-0.1, -0.05) is 6.58 Å². The first kappa shape index (κ1) is 14.5. The van der Waals surface area contributed by atoms with Crippen LogP contribution in [0.5, 0.6) is 0 Å². The molecule has 1 N–H and O–H groups in total. The number of ether oxygens (including phenoxy) is 2. The molecule has 0 saturated carbocycles. The summed E-state index contributed by atoms with van der Waals surface area (Å²) in [5.74, 6) is -0.441. The standard InChI is InChI=1S/C11H18O5/c1-8(2)9(12)16-11(3,4)6-5-7-15-10(13)14/h1,5-7H2,2-4H3,(H,13,14). The molecule has 16 heavy (non-hydrogen) atoms. The lowest BCUT2D eigenvalue weighted by molar-refractivity contribution is -0.152. The van der Waals surface area contributed by atoms with Crippen molar-refractivity contribution in [1.82, 2.24) is 0 Å². The predicted molar refractivity (Wildman–Crippen MR) is 58.2 cm³/mol. The molecule has 0 bridgehead atoms. The van der Waals surface area contributed by atoms with Gasteiger partial charge in [0.2, 0.25) is 0 Å². The number of carbonyl (C=O) groups excluding carboxylic acids is 1. The average Bonchev–Trinajstić information content (AvgIpc) is 2.11. The van der Waals surface area contributed by atoms with Crippen molar-refractivity contribution >= 4 is 12.1 Å². The van der Waals surface area contributed by atoms with E-state index < -0.39 is 17.7 Å². The zero-order chi connectivity index (χ0) is 12.8. The minimum atomic E-state index is -1.29. The van der Waals surface area contributed by atoms with Crippen molar-refractivity contribution in [2.24, 2.45) is 0 Å². The zero-order valence-corrected chi connectivity index (χ0v) is 9.91. The summed E-state index contributed by atoms with van der Waals surface area (Å²) < 4.78 is 9.51. The Balaban J connectivity index is 3.91. The molecule has 0 saturated heterocycles. The first-order chi connectivity index (χ1) is 7.24. The third-order valence-electron chi connectivity index (χ3n) is 1.87. The predicted octanol–water partition coefficient (Wildman–Crippen LogP) is 2.36. The number of rotatable bonds is 6. The third kappa shape index (κ3) is 6.86. The van der Waals surface area contributed by atoms with Crippen LogP contribution >= 0.6 is 0 Å². The quantitative estimate of drug-likeness (QED) is 0.431. The van der Waals surface area contributed by atoms with Crippen LogP contribution < -0.4 is 0 Å². The van der Waals surface area contributed by atoms with Gasteiger partial charge >= 0.3 is 12.1 Å². The molecule has 0 heterocycles. The largest absolute Gasteiger partial charge is 0.505 e. The summed E-state index contributed by atoms with van der Waals surface area (Å²) in [6, 6.07) is 0. The van der Waals surface area contributed by atoms with Crippen molar-refractivity contribution in [2.75, 3.05) is 6.61 Å². The molecule has 0 aliphatic heterocycles. The second-order valence-corrected chi connectivity index (χ2v) is 4.15. The Morgan fingerprint density at radius 3 is 2.38 bits per heavy atom. The second kappa shape index (κ2) is 6.15. The average molecular weight is 230 g/mol. The number of hydrogen-bond donors (Lipinski definition) is 1. The maximum absolute atomic E-state index is 11.3. The molecule has 0 rings (SSSR count). The summed E-state index contributed by atoms with van der Waals surface area (Å²) in [6.45, 7) is 8.67. The van der Waals surface area contributed by atoms with Crippen molar-refractivity contribution in [3.05, 3.63) is 12.2 Å². The van der Waals surface area contributed by atoms with Crippen LogP contribution in [-0.4, -0.2) is 29.4 Å². The van der Waals surface area contributed by atoms with Crippen molar-refractivity contribution in [3.8, 4) is 0 Å². The molecule has 0 aromatic heterocycles. The van der Waals surface area contributed by atoms with E-state index in [-0.39, 0.29) is 6.61 Å². The van der Waals surface area contributed by atoms with Crippen molar-refractivity contribution in [1.29, 1.82) is 0 Å². The van der Waals surface area contributed by atoms with Crippen molar-refractivity contribution in [2.45, 2.75) is 39.2 Å². The lowest BCUT2D eigenvalue weighted by atomic mass is 10.0. The van der Waals surface area contributed by atoms with Gasteiger partial charge < -0.3 is 14.6 Å². The highest BCUT2D eigenvalue weighted by Gasteiger charge is 2.22. The number of carbonyl (C=O) groups is 2. The second-order valence-electron chi connectivity index (χ2n) is 4.15. The van der Waals surface area contributed by atoms with E-state index in [2.05, 4.69) is 11.3 Å². The Morgan fingerprint density at radius 2 is 1.94 bits per heavy atom. The molecule has 0 aliphatic rings. The van der Waals surface area contributed by atoms with Gasteiger partial charge in [0.05, 0.1) is 6.61 Å². The van der Waals surface area contributed by atoms with Crippen LogP contribution in [-0.2, 0) is 14.3 Å². The summed E-state index contributed by atoms with van der Waals surface area (Å²) in [4.78, 5) is 21.3. The summed E-state index contributed by atoms with van der Waals surface area (Å²) >= 11 is 0. The summed E-state index contributed by atoms with van der Waals surface area (Å²) in [7, 11) is 0. The maximum Gasteiger partial charge on any atom is 0.505 e. The Bertz CT molecular complexity index is 280. The van der Waals surface area contributed by atoms with Crippen LogP contribution in [0.1, 0.15) is 33.6 Å². The number of esters is 1. The van der Waals surface area contributed by atoms with Gasteiger partial charge in [-0.15, -0.1) is 0 Å². The van der Waals surface area contributed by atoms with E-state index in [1.807, 2.05) is 0 Å². The van der Waals surface area contributed by atoms with E-state index >= 15 is 0 Å². The van der Waals surface area contributed by atoms with Gasteiger partial charge in [-0.2, -0.15) is 0 Å². The van der Waals surface area contributed by atoms with Gasteiger partial charge in [-0.25, -0.2) is 9.59 Å². The molecule has 0 aliphatic carbocycles. The van der Waals surface area contributed by atoms with Crippen LogP contribution in [0.15, 0.2) is 12.2 Å². The smallest absolute Gasteiger partial charge is 0.456 e. The maximum atomic E-state index is 11.3. The molecule has 0 aromatic rings. The highest BCUT2D eigenvalue weighted by Crippen LogP contribution is 2.18. The van der Waals surface area contributed by atoms with Crippen LogP contribution in [0.4, 0.5) is 4.79 Å². The molecule has 0 radical (unpaired) electrons. The summed E-state index contributed by atoms with van der Waals surface area (Å²) in [5.41, 5.74) is -0.299. The van der Waals surface area contributed by atoms with Gasteiger partial charge in [0.15, 0.2) is 0 Å². The Morgan fingerprint density at radius 1 is 1.38 bits per heavy atom. The fourth-order valence-electron chi connectivity index (χ4n) is 1.05. The lowest BCUT2D eigenvalue weighted by Crippen LogP contribution is -2.28. The zero-order valence-electron chi connectivity index (χ0n) is 9.91. The minimum absolute atomic E-state index is 0.101. The molecule has 0 spiro atoms. The highest BCUT2D eigenvalue weighted by atomic mass is 16.7. The van der Waals surface area contributed by atoms with E-state index in [0.717, 1.165) is 0 Å². The van der Waals surface area contributed by atoms with Crippen LogP contribution in [0.2, 0.25) is 0 Å². The third-order valence-corrected chi connectivity index (χ3v) is 1.87. The fraction of sp³-hybridized carbons (Fsp3) is 0.636. The lowest BCUT2D eigenvalue weighted by Gasteiger charge is -2.25. The molecule has 0 atom stereocenters.